The number of nitrogens with one attached hydrogen (secondary N) is 1. The standard InChI is InChI=1S/C20H26F2N2O3/c1-12(2)19(26)24-10-4-7-17(24)18(25)23-16-6-3-5-13-11-14(27-20(21)22)8-9-15(13)16/h8-9,11-12,16-17,20H,3-7,10H2,1-2H3,(H,23,25). The fraction of sp³-hybridized carbons (Fsp3) is 0.600. The second kappa shape index (κ2) is 8.23. The number of likely N-dealkylation sites (tertiary alicyclic amines) is 1. The van der Waals surface area contributed by atoms with Crippen molar-refractivity contribution in [1.29, 1.82) is 0 Å². The predicted molar refractivity (Wildman–Crippen MR) is 96.5 cm³/mol. The molecule has 1 N–H and O–H groups in total. The van der Waals surface area contributed by atoms with E-state index in [1.165, 1.54) is 6.07 Å². The van der Waals surface area contributed by atoms with Gasteiger partial charge in [0.15, 0.2) is 0 Å². The lowest BCUT2D eigenvalue weighted by atomic mass is 9.87. The monoisotopic (exact) mass is 380 g/mol. The molecule has 0 radical (unpaired) electrons. The third-order valence-electron chi connectivity index (χ3n) is 5.30. The normalized spacial score (nSPS) is 22.1. The topological polar surface area (TPSA) is 58.6 Å². The smallest absolute Gasteiger partial charge is 0.387 e. The van der Waals surface area contributed by atoms with Crippen LogP contribution in [0.15, 0.2) is 18.2 Å². The van der Waals surface area contributed by atoms with Gasteiger partial charge >= 0.3 is 6.61 Å². The molecule has 1 aromatic rings. The van der Waals surface area contributed by atoms with E-state index in [0.29, 0.717) is 13.0 Å². The number of rotatable bonds is 5. The molecular weight excluding hydrogens is 354 g/mol. The molecule has 2 unspecified atom stereocenters. The van der Waals surface area contributed by atoms with E-state index in [-0.39, 0.29) is 29.5 Å². The number of halogens is 2. The van der Waals surface area contributed by atoms with Crippen LogP contribution in [0, 0.1) is 5.92 Å². The first-order valence-electron chi connectivity index (χ1n) is 9.55. The van der Waals surface area contributed by atoms with Crippen molar-refractivity contribution in [1.82, 2.24) is 10.2 Å². The van der Waals surface area contributed by atoms with E-state index < -0.39 is 12.7 Å². The van der Waals surface area contributed by atoms with E-state index in [2.05, 4.69) is 10.1 Å². The Balaban J connectivity index is 1.71. The van der Waals surface area contributed by atoms with Crippen molar-refractivity contribution in [2.24, 2.45) is 5.92 Å². The minimum Gasteiger partial charge on any atom is -0.435 e. The number of fused-ring (bicyclic) bond motifs is 1. The number of hydrogen-bond acceptors (Lipinski definition) is 3. The van der Waals surface area contributed by atoms with E-state index in [1.807, 2.05) is 13.8 Å². The van der Waals surface area contributed by atoms with Crippen LogP contribution in [-0.2, 0) is 16.0 Å². The number of amides is 2. The molecule has 5 nitrogen and oxygen atoms in total. The van der Waals surface area contributed by atoms with E-state index >= 15 is 0 Å². The Bertz CT molecular complexity index is 708. The molecule has 1 heterocycles. The number of hydrogen-bond donors (Lipinski definition) is 1. The Labute approximate surface area is 158 Å². The maximum absolute atomic E-state index is 12.8. The highest BCUT2D eigenvalue weighted by Crippen LogP contribution is 2.33. The number of carbonyl (C=O) groups excluding carboxylic acids is 2. The highest BCUT2D eigenvalue weighted by Gasteiger charge is 2.36. The van der Waals surface area contributed by atoms with Crippen molar-refractivity contribution >= 4 is 11.8 Å². The number of benzene rings is 1. The fourth-order valence-corrected chi connectivity index (χ4v) is 4.02. The molecule has 1 fully saturated rings. The van der Waals surface area contributed by atoms with Gasteiger partial charge in [-0.2, -0.15) is 8.78 Å². The molecule has 2 atom stereocenters. The van der Waals surface area contributed by atoms with Gasteiger partial charge in [0.05, 0.1) is 6.04 Å². The molecule has 0 saturated carbocycles. The van der Waals surface area contributed by atoms with Gasteiger partial charge in [-0.3, -0.25) is 9.59 Å². The molecule has 0 bridgehead atoms. The van der Waals surface area contributed by atoms with Crippen LogP contribution >= 0.6 is 0 Å². The van der Waals surface area contributed by atoms with Crippen molar-refractivity contribution in [2.45, 2.75) is 64.6 Å². The first-order valence-corrected chi connectivity index (χ1v) is 9.55. The van der Waals surface area contributed by atoms with Crippen molar-refractivity contribution in [3.8, 4) is 5.75 Å². The van der Waals surface area contributed by atoms with Gasteiger partial charge < -0.3 is 15.0 Å². The molecule has 1 aliphatic carbocycles. The first-order chi connectivity index (χ1) is 12.9. The molecule has 2 aliphatic rings. The summed E-state index contributed by atoms with van der Waals surface area (Å²) < 4.78 is 29.3. The van der Waals surface area contributed by atoms with Gasteiger partial charge in [-0.25, -0.2) is 0 Å². The number of alkyl halides is 2. The lowest BCUT2D eigenvalue weighted by Crippen LogP contribution is -2.48. The summed E-state index contributed by atoms with van der Waals surface area (Å²) in [4.78, 5) is 26.9. The van der Waals surface area contributed by atoms with Gasteiger partial charge in [0.1, 0.15) is 11.8 Å². The summed E-state index contributed by atoms with van der Waals surface area (Å²) in [7, 11) is 0. The number of aryl methyl sites for hydroxylation is 1. The van der Waals surface area contributed by atoms with Crippen LogP contribution in [0.4, 0.5) is 8.78 Å². The maximum Gasteiger partial charge on any atom is 0.387 e. The maximum atomic E-state index is 12.8. The molecular formula is C20H26F2N2O3. The summed E-state index contributed by atoms with van der Waals surface area (Å²) in [6.07, 6.45) is 3.91. The van der Waals surface area contributed by atoms with Gasteiger partial charge in [0.25, 0.3) is 0 Å². The van der Waals surface area contributed by atoms with Crippen molar-refractivity contribution in [2.75, 3.05) is 6.54 Å². The largest absolute Gasteiger partial charge is 0.435 e. The SMILES string of the molecule is CC(C)C(=O)N1CCCC1C(=O)NC1CCCc2cc(OC(F)F)ccc21. The third-order valence-corrected chi connectivity index (χ3v) is 5.30. The van der Waals surface area contributed by atoms with Gasteiger partial charge in [-0.15, -0.1) is 0 Å². The van der Waals surface area contributed by atoms with E-state index in [0.717, 1.165) is 36.8 Å². The second-order valence-corrected chi connectivity index (χ2v) is 7.54. The lowest BCUT2D eigenvalue weighted by Gasteiger charge is -2.30. The van der Waals surface area contributed by atoms with Crippen molar-refractivity contribution < 1.29 is 23.1 Å². The Morgan fingerprint density at radius 3 is 2.70 bits per heavy atom. The summed E-state index contributed by atoms with van der Waals surface area (Å²) in [5.74, 6) is -0.125. The first kappa shape index (κ1) is 19.6. The summed E-state index contributed by atoms with van der Waals surface area (Å²) in [6, 6.07) is 4.30. The average Bonchev–Trinajstić information content (AvgIpc) is 3.10. The Morgan fingerprint density at radius 1 is 1.22 bits per heavy atom. The van der Waals surface area contributed by atoms with Gasteiger partial charge in [-0.05, 0) is 55.4 Å². The van der Waals surface area contributed by atoms with Crippen LogP contribution < -0.4 is 10.1 Å². The lowest BCUT2D eigenvalue weighted by molar-refractivity contribution is -0.141. The summed E-state index contributed by atoms with van der Waals surface area (Å²) in [5, 5.41) is 3.08. The zero-order valence-corrected chi connectivity index (χ0v) is 15.7. The highest BCUT2D eigenvalue weighted by molar-refractivity contribution is 5.89. The minimum absolute atomic E-state index is 0.00508. The minimum atomic E-state index is -2.85. The van der Waals surface area contributed by atoms with Gasteiger partial charge in [-0.1, -0.05) is 19.9 Å². The fourth-order valence-electron chi connectivity index (χ4n) is 4.02. The Morgan fingerprint density at radius 2 is 2.00 bits per heavy atom. The van der Waals surface area contributed by atoms with Crippen LogP contribution in [0.3, 0.4) is 0 Å². The quantitative estimate of drug-likeness (QED) is 0.851. The summed E-state index contributed by atoms with van der Waals surface area (Å²) >= 11 is 0. The van der Waals surface area contributed by atoms with Crippen molar-refractivity contribution in [3.63, 3.8) is 0 Å². The molecule has 1 saturated heterocycles. The number of carbonyl (C=O) groups is 2. The van der Waals surface area contributed by atoms with Crippen LogP contribution in [0.1, 0.15) is 56.7 Å². The van der Waals surface area contributed by atoms with Crippen LogP contribution in [-0.4, -0.2) is 35.9 Å². The molecule has 27 heavy (non-hydrogen) atoms. The molecule has 3 rings (SSSR count). The summed E-state index contributed by atoms with van der Waals surface area (Å²) in [5.41, 5.74) is 1.86. The van der Waals surface area contributed by atoms with Crippen LogP contribution in [0.5, 0.6) is 5.75 Å². The van der Waals surface area contributed by atoms with E-state index in [4.69, 9.17) is 0 Å². The summed E-state index contributed by atoms with van der Waals surface area (Å²) in [6.45, 7) is 1.44. The molecule has 0 aromatic heterocycles. The Kier molecular flexibility index (Phi) is 5.97. The van der Waals surface area contributed by atoms with E-state index in [1.54, 1.807) is 17.0 Å². The van der Waals surface area contributed by atoms with E-state index in [9.17, 15) is 18.4 Å². The third kappa shape index (κ3) is 4.39. The Hall–Kier alpha value is -2.18. The second-order valence-electron chi connectivity index (χ2n) is 7.54. The number of nitrogens with zero attached hydrogens (tertiary/aromatic N) is 1. The highest BCUT2D eigenvalue weighted by atomic mass is 19.3. The molecule has 148 valence electrons. The van der Waals surface area contributed by atoms with Gasteiger partial charge in [0.2, 0.25) is 11.8 Å². The van der Waals surface area contributed by atoms with Gasteiger partial charge in [0, 0.05) is 12.5 Å². The van der Waals surface area contributed by atoms with Crippen LogP contribution in [0.2, 0.25) is 0 Å². The average molecular weight is 380 g/mol. The molecule has 7 heteroatoms. The van der Waals surface area contributed by atoms with Crippen LogP contribution in [0.25, 0.3) is 0 Å². The zero-order chi connectivity index (χ0) is 19.6. The molecule has 0 spiro atoms. The molecule has 1 aliphatic heterocycles. The number of ether oxygens (including phenoxy) is 1. The predicted octanol–water partition coefficient (Wildman–Crippen LogP) is 3.43. The molecule has 1 aromatic carbocycles. The zero-order valence-electron chi connectivity index (χ0n) is 15.7. The molecule has 2 amide bonds. The van der Waals surface area contributed by atoms with Crippen molar-refractivity contribution in [3.05, 3.63) is 29.3 Å².